The highest BCUT2D eigenvalue weighted by Crippen LogP contribution is 2.18. The normalized spacial score (nSPS) is 21.6. The zero-order chi connectivity index (χ0) is 15.2. The van der Waals surface area contributed by atoms with Crippen LogP contribution >= 0.6 is 0 Å². The zero-order valence-corrected chi connectivity index (χ0v) is 12.3. The topological polar surface area (TPSA) is 69.6 Å². The molecule has 0 aromatic heterocycles. The Balaban J connectivity index is 1.85. The van der Waals surface area contributed by atoms with Crippen molar-refractivity contribution in [2.24, 2.45) is 0 Å². The van der Waals surface area contributed by atoms with E-state index in [9.17, 15) is 14.7 Å². The van der Waals surface area contributed by atoms with Gasteiger partial charge in [-0.2, -0.15) is 0 Å². The number of amides is 2. The maximum absolute atomic E-state index is 12.1. The number of aliphatic hydroxyl groups is 1. The Labute approximate surface area is 125 Å². The predicted molar refractivity (Wildman–Crippen MR) is 79.8 cm³/mol. The molecule has 2 N–H and O–H groups in total. The van der Waals surface area contributed by atoms with Crippen LogP contribution in [0, 0.1) is 0 Å². The van der Waals surface area contributed by atoms with Crippen molar-refractivity contribution in [2.75, 3.05) is 13.6 Å². The van der Waals surface area contributed by atoms with Crippen LogP contribution in [0.2, 0.25) is 0 Å². The second-order valence-corrected chi connectivity index (χ2v) is 5.55. The maximum atomic E-state index is 12.1. The van der Waals surface area contributed by atoms with E-state index in [2.05, 4.69) is 5.32 Å². The van der Waals surface area contributed by atoms with Crippen molar-refractivity contribution in [1.82, 2.24) is 10.2 Å². The van der Waals surface area contributed by atoms with Crippen molar-refractivity contribution in [3.63, 3.8) is 0 Å². The molecule has 21 heavy (non-hydrogen) atoms. The third-order valence-electron chi connectivity index (χ3n) is 3.82. The molecule has 0 aliphatic heterocycles. The number of nitrogens with zero attached hydrogens (tertiary/aromatic N) is 1. The molecule has 0 unspecified atom stereocenters. The molecule has 0 radical (unpaired) electrons. The van der Waals surface area contributed by atoms with Crippen LogP contribution in [0.1, 0.15) is 36.0 Å². The highest BCUT2D eigenvalue weighted by Gasteiger charge is 2.25. The molecule has 2 amide bonds. The van der Waals surface area contributed by atoms with Crippen LogP contribution in [-0.4, -0.2) is 47.6 Å². The van der Waals surface area contributed by atoms with E-state index in [0.717, 1.165) is 25.7 Å². The average Bonchev–Trinajstić information content (AvgIpc) is 2.49. The van der Waals surface area contributed by atoms with Gasteiger partial charge in [0.1, 0.15) is 0 Å². The molecule has 0 heterocycles. The van der Waals surface area contributed by atoms with E-state index in [4.69, 9.17) is 0 Å². The van der Waals surface area contributed by atoms with Crippen molar-refractivity contribution >= 4 is 11.8 Å². The molecule has 0 bridgehead atoms. The van der Waals surface area contributed by atoms with Crippen LogP contribution in [0.15, 0.2) is 30.3 Å². The second kappa shape index (κ2) is 7.22. The Hall–Kier alpha value is -1.88. The maximum Gasteiger partial charge on any atom is 0.254 e. The minimum Gasteiger partial charge on any atom is -0.391 e. The summed E-state index contributed by atoms with van der Waals surface area (Å²) < 4.78 is 0. The van der Waals surface area contributed by atoms with Gasteiger partial charge in [0.2, 0.25) is 5.91 Å². The third kappa shape index (κ3) is 4.29. The number of benzene rings is 1. The molecule has 5 heteroatoms. The molecule has 1 aliphatic rings. The zero-order valence-electron chi connectivity index (χ0n) is 12.3. The molecule has 0 saturated heterocycles. The lowest BCUT2D eigenvalue weighted by atomic mass is 9.92. The summed E-state index contributed by atoms with van der Waals surface area (Å²) in [6.45, 7) is -0.00303. The van der Waals surface area contributed by atoms with Gasteiger partial charge in [0.25, 0.3) is 5.91 Å². The third-order valence-corrected chi connectivity index (χ3v) is 3.82. The summed E-state index contributed by atoms with van der Waals surface area (Å²) in [5.74, 6) is -0.414. The van der Waals surface area contributed by atoms with E-state index in [1.165, 1.54) is 4.90 Å². The van der Waals surface area contributed by atoms with Crippen molar-refractivity contribution in [3.05, 3.63) is 35.9 Å². The van der Waals surface area contributed by atoms with E-state index in [1.807, 2.05) is 6.07 Å². The van der Waals surface area contributed by atoms with Gasteiger partial charge in [0, 0.05) is 12.6 Å². The van der Waals surface area contributed by atoms with Gasteiger partial charge in [0.15, 0.2) is 0 Å². The van der Waals surface area contributed by atoms with Gasteiger partial charge in [0.05, 0.1) is 18.7 Å². The number of likely N-dealkylation sites (N-methyl/N-ethyl adjacent to an activating group) is 1. The van der Waals surface area contributed by atoms with E-state index >= 15 is 0 Å². The smallest absolute Gasteiger partial charge is 0.254 e. The Bertz CT molecular complexity index is 490. The summed E-state index contributed by atoms with van der Waals surface area (Å²) >= 11 is 0. The predicted octanol–water partition coefficient (Wildman–Crippen LogP) is 1.18. The van der Waals surface area contributed by atoms with Crippen LogP contribution in [0.3, 0.4) is 0 Å². The first-order valence-corrected chi connectivity index (χ1v) is 7.36. The monoisotopic (exact) mass is 290 g/mol. The van der Waals surface area contributed by atoms with Crippen LogP contribution in [0.5, 0.6) is 0 Å². The fourth-order valence-corrected chi connectivity index (χ4v) is 2.62. The van der Waals surface area contributed by atoms with E-state index in [1.54, 1.807) is 31.3 Å². The van der Waals surface area contributed by atoms with Crippen molar-refractivity contribution in [2.45, 2.75) is 37.8 Å². The molecule has 1 aliphatic carbocycles. The molecule has 1 fully saturated rings. The van der Waals surface area contributed by atoms with Crippen molar-refractivity contribution in [3.8, 4) is 0 Å². The standard InChI is InChI=1S/C16H22N2O3/c1-18(16(21)12-7-3-2-4-8-12)11-15(20)17-13-9-5-6-10-14(13)19/h2-4,7-8,13-14,19H,5-6,9-11H2,1H3,(H,17,20)/t13-,14-/m1/s1. The van der Waals surface area contributed by atoms with Crippen LogP contribution in [-0.2, 0) is 4.79 Å². The Morgan fingerprint density at radius 2 is 1.90 bits per heavy atom. The summed E-state index contributed by atoms with van der Waals surface area (Å²) in [7, 11) is 1.60. The Morgan fingerprint density at radius 3 is 2.57 bits per heavy atom. The lowest BCUT2D eigenvalue weighted by Crippen LogP contribution is -2.48. The Kier molecular flexibility index (Phi) is 5.33. The summed E-state index contributed by atoms with van der Waals surface area (Å²) in [4.78, 5) is 25.5. The number of carbonyl (C=O) groups excluding carboxylic acids is 2. The summed E-state index contributed by atoms with van der Waals surface area (Å²) in [6.07, 6.45) is 3.06. The minimum atomic E-state index is -0.474. The van der Waals surface area contributed by atoms with Crippen molar-refractivity contribution in [1.29, 1.82) is 0 Å². The number of hydrogen-bond acceptors (Lipinski definition) is 3. The molecule has 0 spiro atoms. The van der Waals surface area contributed by atoms with Gasteiger partial charge in [-0.3, -0.25) is 9.59 Å². The van der Waals surface area contributed by atoms with Crippen LogP contribution in [0.4, 0.5) is 0 Å². The lowest BCUT2D eigenvalue weighted by Gasteiger charge is -2.29. The Morgan fingerprint density at radius 1 is 1.24 bits per heavy atom. The molecular weight excluding hydrogens is 268 g/mol. The van der Waals surface area contributed by atoms with Gasteiger partial charge in [-0.25, -0.2) is 0 Å². The highest BCUT2D eigenvalue weighted by atomic mass is 16.3. The van der Waals surface area contributed by atoms with Gasteiger partial charge in [-0.15, -0.1) is 0 Å². The fourth-order valence-electron chi connectivity index (χ4n) is 2.62. The van der Waals surface area contributed by atoms with Crippen LogP contribution in [0.25, 0.3) is 0 Å². The molecule has 114 valence electrons. The average molecular weight is 290 g/mol. The SMILES string of the molecule is CN(CC(=O)N[C@@H]1CCCC[C@H]1O)C(=O)c1ccccc1. The first-order chi connectivity index (χ1) is 10.1. The summed E-state index contributed by atoms with van der Waals surface area (Å²) in [6, 6.07) is 8.68. The quantitative estimate of drug-likeness (QED) is 0.875. The van der Waals surface area contributed by atoms with E-state index in [0.29, 0.717) is 5.56 Å². The first kappa shape index (κ1) is 15.5. The number of hydrogen-bond donors (Lipinski definition) is 2. The van der Waals surface area contributed by atoms with E-state index in [-0.39, 0.29) is 24.4 Å². The van der Waals surface area contributed by atoms with Gasteiger partial charge in [-0.05, 0) is 25.0 Å². The van der Waals surface area contributed by atoms with E-state index < -0.39 is 6.10 Å². The molecule has 5 nitrogen and oxygen atoms in total. The number of nitrogens with one attached hydrogen (secondary N) is 1. The van der Waals surface area contributed by atoms with Crippen LogP contribution < -0.4 is 5.32 Å². The molecular formula is C16H22N2O3. The molecule has 2 atom stereocenters. The largest absolute Gasteiger partial charge is 0.391 e. The van der Waals surface area contributed by atoms with Gasteiger partial charge in [-0.1, -0.05) is 31.0 Å². The molecule has 2 rings (SSSR count). The lowest BCUT2D eigenvalue weighted by molar-refractivity contribution is -0.123. The highest BCUT2D eigenvalue weighted by molar-refractivity contribution is 5.96. The summed E-state index contributed by atoms with van der Waals surface area (Å²) in [5.41, 5.74) is 0.561. The van der Waals surface area contributed by atoms with Gasteiger partial charge < -0.3 is 15.3 Å². The minimum absolute atomic E-state index is 0.00303. The fraction of sp³-hybridized carbons (Fsp3) is 0.500. The number of carbonyl (C=O) groups is 2. The molecule has 1 saturated carbocycles. The van der Waals surface area contributed by atoms with Gasteiger partial charge >= 0.3 is 0 Å². The second-order valence-electron chi connectivity index (χ2n) is 5.55. The molecule has 1 aromatic carbocycles. The number of aliphatic hydroxyl groups excluding tert-OH is 1. The summed E-state index contributed by atoms with van der Waals surface area (Å²) in [5, 5.41) is 12.7. The van der Waals surface area contributed by atoms with Crippen molar-refractivity contribution < 1.29 is 14.7 Å². The molecule has 1 aromatic rings. The first-order valence-electron chi connectivity index (χ1n) is 7.36. The number of rotatable bonds is 4.